The van der Waals surface area contributed by atoms with Crippen LogP contribution in [0.15, 0.2) is 58.3 Å². The molecule has 170 valence electrons. The van der Waals surface area contributed by atoms with E-state index in [0.29, 0.717) is 18.7 Å². The van der Waals surface area contributed by atoms with Gasteiger partial charge in [-0.1, -0.05) is 18.6 Å². The fraction of sp³-hybridized carbons (Fsp3) is 0.368. The minimum absolute atomic E-state index is 0.0177. The second kappa shape index (κ2) is 9.25. The number of rotatable bonds is 8. The molecule has 1 aliphatic heterocycles. The third-order valence-electron chi connectivity index (χ3n) is 4.81. The van der Waals surface area contributed by atoms with E-state index < -0.39 is 30.1 Å². The van der Waals surface area contributed by atoms with Crippen molar-refractivity contribution >= 4 is 35.8 Å². The number of hydrogen-bond donors (Lipinski definition) is 2. The first-order valence-electron chi connectivity index (χ1n) is 9.64. The lowest BCUT2D eigenvalue weighted by Crippen LogP contribution is -2.35. The highest BCUT2D eigenvalue weighted by Gasteiger charge is 2.25. The number of hydrogen-bond acceptors (Lipinski definition) is 6. The molecule has 2 aromatic rings. The van der Waals surface area contributed by atoms with Gasteiger partial charge in [-0.25, -0.2) is 30.0 Å². The van der Waals surface area contributed by atoms with Gasteiger partial charge in [-0.05, 0) is 54.8 Å². The molecule has 2 aromatic carbocycles. The topological polar surface area (TPSA) is 130 Å². The molecule has 31 heavy (non-hydrogen) atoms. The smallest absolute Gasteiger partial charge is 0.243 e. The Morgan fingerprint density at radius 1 is 0.774 bits per heavy atom. The van der Waals surface area contributed by atoms with Crippen molar-refractivity contribution in [3.05, 3.63) is 54.1 Å². The van der Waals surface area contributed by atoms with Crippen molar-refractivity contribution in [1.29, 1.82) is 0 Å². The molecule has 0 aliphatic carbocycles. The van der Waals surface area contributed by atoms with Gasteiger partial charge < -0.3 is 0 Å². The number of anilines is 1. The quantitative estimate of drug-likeness (QED) is 0.583. The van der Waals surface area contributed by atoms with Gasteiger partial charge in [0, 0.05) is 25.3 Å². The summed E-state index contributed by atoms with van der Waals surface area (Å²) in [5.74, 6) is 0. The summed E-state index contributed by atoms with van der Waals surface area (Å²) in [6.45, 7) is 1.01. The van der Waals surface area contributed by atoms with Gasteiger partial charge in [0.1, 0.15) is 0 Å². The third-order valence-corrected chi connectivity index (χ3v) is 8.75. The third kappa shape index (κ3) is 6.26. The maximum Gasteiger partial charge on any atom is 0.243 e. The van der Waals surface area contributed by atoms with Gasteiger partial charge in [0.05, 0.1) is 16.0 Å². The molecule has 1 saturated heterocycles. The molecule has 0 radical (unpaired) electrons. The van der Waals surface area contributed by atoms with E-state index in [9.17, 15) is 25.3 Å². The Labute approximate surface area is 183 Å². The van der Waals surface area contributed by atoms with E-state index in [1.807, 2.05) is 0 Å². The molecule has 1 fully saturated rings. The fourth-order valence-corrected chi connectivity index (χ4v) is 6.31. The van der Waals surface area contributed by atoms with Crippen molar-refractivity contribution in [2.24, 2.45) is 0 Å². The van der Waals surface area contributed by atoms with Gasteiger partial charge in [-0.2, -0.15) is 4.31 Å². The van der Waals surface area contributed by atoms with Crippen molar-refractivity contribution in [2.75, 3.05) is 24.1 Å². The summed E-state index contributed by atoms with van der Waals surface area (Å²) in [6.07, 6.45) is 3.74. The maximum absolute atomic E-state index is 12.7. The Morgan fingerprint density at radius 2 is 1.32 bits per heavy atom. The lowest BCUT2D eigenvalue weighted by molar-refractivity contribution is 0.346. The maximum atomic E-state index is 12.7. The van der Waals surface area contributed by atoms with E-state index in [1.54, 1.807) is 12.1 Å². The molecule has 0 spiro atoms. The molecule has 0 aromatic heterocycles. The van der Waals surface area contributed by atoms with Crippen LogP contribution in [0.3, 0.4) is 0 Å². The molecular weight excluding hydrogens is 462 g/mol. The van der Waals surface area contributed by atoms with Crippen molar-refractivity contribution in [1.82, 2.24) is 9.03 Å². The Balaban J connectivity index is 1.65. The molecule has 2 N–H and O–H groups in total. The van der Waals surface area contributed by atoms with Crippen LogP contribution in [0.4, 0.5) is 5.69 Å². The van der Waals surface area contributed by atoms with Crippen LogP contribution in [0, 0.1) is 0 Å². The van der Waals surface area contributed by atoms with E-state index in [2.05, 4.69) is 9.44 Å². The van der Waals surface area contributed by atoms with E-state index in [0.717, 1.165) is 25.5 Å². The van der Waals surface area contributed by atoms with Crippen LogP contribution in [-0.4, -0.2) is 48.9 Å². The van der Waals surface area contributed by atoms with E-state index in [1.165, 1.54) is 40.7 Å². The van der Waals surface area contributed by atoms with Gasteiger partial charge >= 0.3 is 0 Å². The van der Waals surface area contributed by atoms with Crippen LogP contribution in [0.1, 0.15) is 24.8 Å². The number of piperidine rings is 1. The zero-order valence-electron chi connectivity index (χ0n) is 17.0. The monoisotopic (exact) mass is 487 g/mol. The van der Waals surface area contributed by atoms with Crippen LogP contribution in [-0.2, 0) is 36.6 Å². The first-order valence-corrected chi connectivity index (χ1v) is 14.5. The van der Waals surface area contributed by atoms with Crippen molar-refractivity contribution in [3.8, 4) is 0 Å². The second-order valence-corrected chi connectivity index (χ2v) is 12.8. The molecular formula is C19H25N3O6S3. The molecule has 1 aliphatic rings. The van der Waals surface area contributed by atoms with Gasteiger partial charge in [-0.15, -0.1) is 0 Å². The highest BCUT2D eigenvalue weighted by molar-refractivity contribution is 7.92. The van der Waals surface area contributed by atoms with Crippen LogP contribution in [0.5, 0.6) is 0 Å². The molecule has 0 atom stereocenters. The number of sulfonamides is 3. The Bertz CT molecular complexity index is 1220. The van der Waals surface area contributed by atoms with Crippen molar-refractivity contribution in [3.63, 3.8) is 0 Å². The highest BCUT2D eigenvalue weighted by atomic mass is 32.2. The molecule has 0 bridgehead atoms. The zero-order chi connectivity index (χ0) is 22.7. The summed E-state index contributed by atoms with van der Waals surface area (Å²) >= 11 is 0. The van der Waals surface area contributed by atoms with E-state index in [-0.39, 0.29) is 22.0 Å². The summed E-state index contributed by atoms with van der Waals surface area (Å²) < 4.78 is 79.0. The minimum atomic E-state index is -3.83. The van der Waals surface area contributed by atoms with Gasteiger partial charge in [-0.3, -0.25) is 4.72 Å². The van der Waals surface area contributed by atoms with Crippen molar-refractivity contribution < 1.29 is 25.3 Å². The lowest BCUT2D eigenvalue weighted by Gasteiger charge is -2.25. The van der Waals surface area contributed by atoms with Crippen LogP contribution in [0.2, 0.25) is 0 Å². The van der Waals surface area contributed by atoms with Gasteiger partial charge in [0.25, 0.3) is 0 Å². The predicted molar refractivity (Wildman–Crippen MR) is 118 cm³/mol. The van der Waals surface area contributed by atoms with Gasteiger partial charge in [0.2, 0.25) is 30.1 Å². The average molecular weight is 488 g/mol. The largest absolute Gasteiger partial charge is 0.284 e. The summed E-state index contributed by atoms with van der Waals surface area (Å²) in [4.78, 5) is 0.172. The number of nitrogens with one attached hydrogen (secondary N) is 2. The standard InChI is InChI=1S/C19H25N3O6S3/c1-29(23,24)21-17-7-11-18(12-8-17)30(25,26)20-15-16-5-9-19(10-6-16)31(27,28)22-13-3-2-4-14-22/h5-12,20-21H,2-4,13-15H2,1H3. The molecule has 0 amide bonds. The first-order chi connectivity index (χ1) is 14.5. The molecule has 0 unspecified atom stereocenters. The predicted octanol–water partition coefficient (Wildman–Crippen LogP) is 1.71. The fourth-order valence-electron chi connectivity index (χ4n) is 3.21. The van der Waals surface area contributed by atoms with Crippen LogP contribution < -0.4 is 9.44 Å². The SMILES string of the molecule is CS(=O)(=O)Nc1ccc(S(=O)(=O)NCc2ccc(S(=O)(=O)N3CCCCC3)cc2)cc1. The van der Waals surface area contributed by atoms with Crippen LogP contribution in [0.25, 0.3) is 0 Å². The Morgan fingerprint density at radius 3 is 1.87 bits per heavy atom. The summed E-state index contributed by atoms with van der Waals surface area (Å²) in [5.41, 5.74) is 0.864. The molecule has 3 rings (SSSR count). The summed E-state index contributed by atoms with van der Waals surface area (Å²) in [5, 5.41) is 0. The molecule has 0 saturated carbocycles. The number of nitrogens with zero attached hydrogens (tertiary/aromatic N) is 1. The zero-order valence-corrected chi connectivity index (χ0v) is 19.4. The minimum Gasteiger partial charge on any atom is -0.284 e. The first kappa shape index (κ1) is 23.7. The summed E-state index contributed by atoms with van der Waals surface area (Å²) in [7, 11) is -10.8. The van der Waals surface area contributed by atoms with E-state index >= 15 is 0 Å². The average Bonchev–Trinajstić information content (AvgIpc) is 2.72. The number of benzene rings is 2. The van der Waals surface area contributed by atoms with Gasteiger partial charge in [0.15, 0.2) is 0 Å². The molecule has 9 nitrogen and oxygen atoms in total. The molecule has 12 heteroatoms. The molecule has 1 heterocycles. The normalized spacial score (nSPS) is 16.2. The second-order valence-electron chi connectivity index (χ2n) is 7.33. The summed E-state index contributed by atoms with van der Waals surface area (Å²) in [6, 6.07) is 11.4. The van der Waals surface area contributed by atoms with E-state index in [4.69, 9.17) is 0 Å². The van der Waals surface area contributed by atoms with Crippen LogP contribution >= 0.6 is 0 Å². The van der Waals surface area contributed by atoms with Crippen molar-refractivity contribution in [2.45, 2.75) is 35.6 Å². The lowest BCUT2D eigenvalue weighted by atomic mass is 10.2. The Hall–Kier alpha value is -1.99. The highest BCUT2D eigenvalue weighted by Crippen LogP contribution is 2.21. The Kier molecular flexibility index (Phi) is 7.06.